The molecule has 5 nitrogen and oxygen atoms in total. The number of nitrogens with one attached hydrogen (secondary N) is 2. The number of carbonyl (C=O) groups excluding carboxylic acids is 1. The number of anilines is 1. The molecule has 0 aliphatic rings. The molecule has 0 atom stereocenters. The SMILES string of the molecule is NNc1c(F)cc(C(=O)NCCc2cscn2)cc1F. The lowest BCUT2D eigenvalue weighted by Gasteiger charge is -2.08. The van der Waals surface area contributed by atoms with E-state index < -0.39 is 23.2 Å². The minimum Gasteiger partial charge on any atom is -0.352 e. The van der Waals surface area contributed by atoms with Crippen LogP contribution in [0.2, 0.25) is 0 Å². The van der Waals surface area contributed by atoms with E-state index in [0.717, 1.165) is 17.8 Å². The smallest absolute Gasteiger partial charge is 0.251 e. The lowest BCUT2D eigenvalue weighted by Crippen LogP contribution is -2.26. The van der Waals surface area contributed by atoms with E-state index in [-0.39, 0.29) is 5.56 Å². The van der Waals surface area contributed by atoms with Gasteiger partial charge in [0.25, 0.3) is 5.91 Å². The second kappa shape index (κ2) is 6.40. The van der Waals surface area contributed by atoms with Crippen LogP contribution >= 0.6 is 11.3 Å². The summed E-state index contributed by atoms with van der Waals surface area (Å²) in [6, 6.07) is 1.85. The largest absolute Gasteiger partial charge is 0.352 e. The number of hydrogen-bond donors (Lipinski definition) is 3. The molecule has 4 N–H and O–H groups in total. The van der Waals surface area contributed by atoms with Crippen molar-refractivity contribution < 1.29 is 13.6 Å². The number of amides is 1. The average molecular weight is 298 g/mol. The predicted octanol–water partition coefficient (Wildman–Crippen LogP) is 1.68. The van der Waals surface area contributed by atoms with Gasteiger partial charge in [0, 0.05) is 23.9 Å². The summed E-state index contributed by atoms with van der Waals surface area (Å²) in [5.41, 5.74) is 3.89. The first-order chi connectivity index (χ1) is 9.61. The zero-order valence-corrected chi connectivity index (χ0v) is 11.1. The number of nitrogens with zero attached hydrogens (tertiary/aromatic N) is 1. The summed E-state index contributed by atoms with van der Waals surface area (Å²) in [6.45, 7) is 0.336. The quantitative estimate of drug-likeness (QED) is 0.579. The van der Waals surface area contributed by atoms with Crippen molar-refractivity contribution in [1.29, 1.82) is 0 Å². The van der Waals surface area contributed by atoms with Crippen molar-refractivity contribution in [2.24, 2.45) is 5.84 Å². The minimum atomic E-state index is -0.919. The van der Waals surface area contributed by atoms with Crippen LogP contribution in [0.25, 0.3) is 0 Å². The first-order valence-corrected chi connectivity index (χ1v) is 6.67. The summed E-state index contributed by atoms with van der Waals surface area (Å²) < 4.78 is 26.9. The second-order valence-electron chi connectivity index (χ2n) is 3.94. The predicted molar refractivity (Wildman–Crippen MR) is 72.3 cm³/mol. The molecule has 0 aliphatic heterocycles. The van der Waals surface area contributed by atoms with Crippen LogP contribution in [0.4, 0.5) is 14.5 Å². The lowest BCUT2D eigenvalue weighted by atomic mass is 10.1. The maximum atomic E-state index is 13.4. The van der Waals surface area contributed by atoms with Crippen LogP contribution in [-0.2, 0) is 6.42 Å². The van der Waals surface area contributed by atoms with Gasteiger partial charge >= 0.3 is 0 Å². The lowest BCUT2D eigenvalue weighted by molar-refractivity contribution is 0.0953. The summed E-state index contributed by atoms with van der Waals surface area (Å²) in [4.78, 5) is 15.8. The Morgan fingerprint density at radius 1 is 1.35 bits per heavy atom. The first kappa shape index (κ1) is 14.4. The molecule has 1 aromatic carbocycles. The van der Waals surface area contributed by atoms with Crippen molar-refractivity contribution in [3.63, 3.8) is 0 Å². The third-order valence-electron chi connectivity index (χ3n) is 2.60. The molecule has 0 spiro atoms. The van der Waals surface area contributed by atoms with E-state index in [4.69, 9.17) is 5.84 Å². The number of rotatable bonds is 5. The Balaban J connectivity index is 1.99. The maximum absolute atomic E-state index is 13.4. The number of nitrogen functional groups attached to an aromatic ring is 1. The van der Waals surface area contributed by atoms with Crippen molar-refractivity contribution in [2.75, 3.05) is 12.0 Å². The maximum Gasteiger partial charge on any atom is 0.251 e. The molecule has 0 aliphatic carbocycles. The van der Waals surface area contributed by atoms with Crippen molar-refractivity contribution >= 4 is 22.9 Å². The van der Waals surface area contributed by atoms with Crippen molar-refractivity contribution in [3.05, 3.63) is 45.9 Å². The van der Waals surface area contributed by atoms with Gasteiger partial charge in [-0.3, -0.25) is 10.6 Å². The second-order valence-corrected chi connectivity index (χ2v) is 4.66. The van der Waals surface area contributed by atoms with Crippen molar-refractivity contribution in [1.82, 2.24) is 10.3 Å². The molecule has 0 unspecified atom stereocenters. The fraction of sp³-hybridized carbons (Fsp3) is 0.167. The molecule has 2 aromatic rings. The Bertz CT molecular complexity index is 581. The highest BCUT2D eigenvalue weighted by Gasteiger charge is 2.14. The first-order valence-electron chi connectivity index (χ1n) is 5.72. The summed E-state index contributed by atoms with van der Waals surface area (Å²) in [6.07, 6.45) is 0.558. The Labute approximate surface area is 117 Å². The number of hydrogen-bond acceptors (Lipinski definition) is 5. The van der Waals surface area contributed by atoms with Gasteiger partial charge in [0.2, 0.25) is 0 Å². The topological polar surface area (TPSA) is 80.0 Å². The van der Waals surface area contributed by atoms with Gasteiger partial charge in [-0.05, 0) is 12.1 Å². The number of thiazole rings is 1. The van der Waals surface area contributed by atoms with E-state index in [2.05, 4.69) is 10.3 Å². The van der Waals surface area contributed by atoms with Crippen molar-refractivity contribution in [3.8, 4) is 0 Å². The molecule has 0 fully saturated rings. The molecule has 0 radical (unpaired) electrons. The Morgan fingerprint density at radius 3 is 2.60 bits per heavy atom. The number of aromatic nitrogens is 1. The van der Waals surface area contributed by atoms with Gasteiger partial charge in [-0.2, -0.15) is 0 Å². The van der Waals surface area contributed by atoms with Crippen LogP contribution in [0.3, 0.4) is 0 Å². The Morgan fingerprint density at radius 2 is 2.05 bits per heavy atom. The number of hydrazine groups is 1. The number of carbonyl (C=O) groups is 1. The number of nitrogens with two attached hydrogens (primary N) is 1. The van der Waals surface area contributed by atoms with Crippen molar-refractivity contribution in [2.45, 2.75) is 6.42 Å². The van der Waals surface area contributed by atoms with E-state index in [9.17, 15) is 13.6 Å². The van der Waals surface area contributed by atoms with Gasteiger partial charge in [0.15, 0.2) is 11.6 Å². The van der Waals surface area contributed by atoms with Gasteiger partial charge in [-0.1, -0.05) is 0 Å². The van der Waals surface area contributed by atoms with Crippen LogP contribution in [0, 0.1) is 11.6 Å². The highest BCUT2D eigenvalue weighted by molar-refractivity contribution is 7.07. The monoisotopic (exact) mass is 298 g/mol. The molecule has 20 heavy (non-hydrogen) atoms. The zero-order valence-electron chi connectivity index (χ0n) is 10.3. The van der Waals surface area contributed by atoms with E-state index in [1.165, 1.54) is 11.3 Å². The fourth-order valence-corrected chi connectivity index (χ4v) is 2.20. The molecule has 1 heterocycles. The molecule has 1 amide bonds. The van der Waals surface area contributed by atoms with E-state index in [1.54, 1.807) is 5.51 Å². The van der Waals surface area contributed by atoms with Gasteiger partial charge in [-0.15, -0.1) is 11.3 Å². The summed E-state index contributed by atoms with van der Waals surface area (Å²) in [7, 11) is 0. The minimum absolute atomic E-state index is 0.0997. The van der Waals surface area contributed by atoms with E-state index in [1.807, 2.05) is 10.8 Å². The van der Waals surface area contributed by atoms with Gasteiger partial charge in [-0.25, -0.2) is 13.8 Å². The highest BCUT2D eigenvalue weighted by Crippen LogP contribution is 2.19. The highest BCUT2D eigenvalue weighted by atomic mass is 32.1. The van der Waals surface area contributed by atoms with Crippen LogP contribution in [0.5, 0.6) is 0 Å². The van der Waals surface area contributed by atoms with Gasteiger partial charge in [0.05, 0.1) is 11.2 Å². The molecule has 1 aromatic heterocycles. The van der Waals surface area contributed by atoms with Crippen LogP contribution in [0.1, 0.15) is 16.1 Å². The van der Waals surface area contributed by atoms with Gasteiger partial charge in [0.1, 0.15) is 5.69 Å². The Kier molecular flexibility index (Phi) is 4.59. The normalized spacial score (nSPS) is 10.3. The number of halogens is 2. The third kappa shape index (κ3) is 3.28. The molecule has 0 saturated carbocycles. The van der Waals surface area contributed by atoms with E-state index in [0.29, 0.717) is 13.0 Å². The summed E-state index contributed by atoms with van der Waals surface area (Å²) in [5.74, 6) is 2.58. The molecule has 0 bridgehead atoms. The van der Waals surface area contributed by atoms with E-state index >= 15 is 0 Å². The van der Waals surface area contributed by atoms with Gasteiger partial charge < -0.3 is 10.7 Å². The third-order valence-corrected chi connectivity index (χ3v) is 3.23. The van der Waals surface area contributed by atoms with Crippen LogP contribution < -0.4 is 16.6 Å². The average Bonchev–Trinajstić information content (AvgIpc) is 2.91. The summed E-state index contributed by atoms with van der Waals surface area (Å²) >= 11 is 1.46. The summed E-state index contributed by atoms with van der Waals surface area (Å²) in [5, 5.41) is 4.44. The molecule has 0 saturated heterocycles. The molecular weight excluding hydrogens is 286 g/mol. The number of benzene rings is 1. The Hall–Kier alpha value is -2.06. The standard InChI is InChI=1S/C12H12F2N4OS/c13-9-3-7(4-10(14)11(9)18-15)12(19)16-2-1-8-5-20-6-17-8/h3-6,18H,1-2,15H2,(H,16,19). The zero-order chi connectivity index (χ0) is 14.5. The van der Waals surface area contributed by atoms with Crippen LogP contribution in [-0.4, -0.2) is 17.4 Å². The molecule has 2 rings (SSSR count). The molecule has 8 heteroatoms. The molecule has 106 valence electrons. The fourth-order valence-electron chi connectivity index (χ4n) is 1.61. The molecular formula is C12H12F2N4OS. The van der Waals surface area contributed by atoms with Crippen LogP contribution in [0.15, 0.2) is 23.0 Å².